The predicted octanol–water partition coefficient (Wildman–Crippen LogP) is 2.42. The Morgan fingerprint density at radius 1 is 0.920 bits per heavy atom. The lowest BCUT2D eigenvalue weighted by Gasteiger charge is -2.37. The van der Waals surface area contributed by atoms with Gasteiger partial charge < -0.3 is 15.1 Å². The molecular formula is C18H18N4O3. The molecule has 25 heavy (non-hydrogen) atoms. The molecule has 2 aliphatic rings. The monoisotopic (exact) mass is 338 g/mol. The molecule has 1 N–H and O–H groups in total. The molecule has 0 atom stereocenters. The quantitative estimate of drug-likeness (QED) is 0.687. The number of piperazine rings is 1. The first-order valence-corrected chi connectivity index (χ1v) is 8.27. The van der Waals surface area contributed by atoms with Crippen LogP contribution in [-0.4, -0.2) is 37.0 Å². The van der Waals surface area contributed by atoms with E-state index in [-0.39, 0.29) is 16.5 Å². The summed E-state index contributed by atoms with van der Waals surface area (Å²) in [4.78, 5) is 26.4. The lowest BCUT2D eigenvalue weighted by molar-refractivity contribution is -0.384. The van der Waals surface area contributed by atoms with Gasteiger partial charge in [-0.1, -0.05) is 0 Å². The number of amides is 1. The van der Waals surface area contributed by atoms with Crippen molar-refractivity contribution in [2.24, 2.45) is 0 Å². The van der Waals surface area contributed by atoms with E-state index < -0.39 is 0 Å². The molecule has 2 aromatic rings. The Balaban J connectivity index is 1.42. The molecule has 2 heterocycles. The van der Waals surface area contributed by atoms with Crippen molar-refractivity contribution in [1.82, 2.24) is 0 Å². The Bertz CT molecular complexity index is 827. The molecule has 0 bridgehead atoms. The van der Waals surface area contributed by atoms with Crippen LogP contribution < -0.4 is 15.1 Å². The van der Waals surface area contributed by atoms with Gasteiger partial charge in [0.15, 0.2) is 0 Å². The number of hydrogen-bond donors (Lipinski definition) is 1. The molecule has 0 saturated carbocycles. The molecule has 2 aliphatic heterocycles. The lowest BCUT2D eigenvalue weighted by atomic mass is 10.1. The number of carbonyl (C=O) groups excluding carboxylic acids is 1. The van der Waals surface area contributed by atoms with Crippen molar-refractivity contribution in [2.45, 2.75) is 6.42 Å². The second-order valence-electron chi connectivity index (χ2n) is 6.31. The molecule has 1 amide bonds. The number of benzene rings is 2. The van der Waals surface area contributed by atoms with E-state index in [1.807, 2.05) is 12.1 Å². The van der Waals surface area contributed by atoms with Crippen molar-refractivity contribution in [3.05, 3.63) is 58.1 Å². The van der Waals surface area contributed by atoms with Crippen LogP contribution in [0.15, 0.2) is 42.5 Å². The van der Waals surface area contributed by atoms with Crippen LogP contribution in [0.2, 0.25) is 0 Å². The number of nitrogens with zero attached hydrogens (tertiary/aromatic N) is 3. The highest BCUT2D eigenvalue weighted by atomic mass is 16.6. The molecule has 0 aromatic heterocycles. The molecule has 7 nitrogen and oxygen atoms in total. The third-order valence-electron chi connectivity index (χ3n) is 4.78. The SMILES string of the molecule is O=C1Cc2cc(N3CCN(c4ccc([N+](=O)[O-])cc4)CC3)ccc2N1. The van der Waals surface area contributed by atoms with Gasteiger partial charge >= 0.3 is 0 Å². The van der Waals surface area contributed by atoms with Crippen LogP contribution in [0.4, 0.5) is 22.7 Å². The van der Waals surface area contributed by atoms with Crippen molar-refractivity contribution in [1.29, 1.82) is 0 Å². The van der Waals surface area contributed by atoms with E-state index in [1.54, 1.807) is 24.3 Å². The average molecular weight is 338 g/mol. The summed E-state index contributed by atoms with van der Waals surface area (Å²) in [6.45, 7) is 3.45. The minimum absolute atomic E-state index is 0.0511. The highest BCUT2D eigenvalue weighted by Gasteiger charge is 2.22. The molecule has 0 aliphatic carbocycles. The zero-order chi connectivity index (χ0) is 17.4. The molecule has 7 heteroatoms. The fraction of sp³-hybridized carbons (Fsp3) is 0.278. The summed E-state index contributed by atoms with van der Waals surface area (Å²) in [7, 11) is 0. The van der Waals surface area contributed by atoms with E-state index in [4.69, 9.17) is 0 Å². The van der Waals surface area contributed by atoms with Gasteiger partial charge in [0.25, 0.3) is 5.69 Å². The number of hydrogen-bond acceptors (Lipinski definition) is 5. The minimum atomic E-state index is -0.380. The summed E-state index contributed by atoms with van der Waals surface area (Å²) in [6, 6.07) is 12.8. The van der Waals surface area contributed by atoms with Crippen molar-refractivity contribution >= 4 is 28.7 Å². The Morgan fingerprint density at radius 2 is 1.52 bits per heavy atom. The first-order valence-electron chi connectivity index (χ1n) is 8.27. The zero-order valence-electron chi connectivity index (χ0n) is 13.6. The van der Waals surface area contributed by atoms with Crippen LogP contribution in [0.25, 0.3) is 0 Å². The van der Waals surface area contributed by atoms with Gasteiger partial charge in [-0.25, -0.2) is 0 Å². The van der Waals surface area contributed by atoms with Crippen molar-refractivity contribution in [3.63, 3.8) is 0 Å². The van der Waals surface area contributed by atoms with Crippen LogP contribution >= 0.6 is 0 Å². The first kappa shape index (κ1) is 15.4. The van der Waals surface area contributed by atoms with Crippen molar-refractivity contribution < 1.29 is 9.72 Å². The first-order chi connectivity index (χ1) is 12.1. The summed E-state index contributed by atoms with van der Waals surface area (Å²) in [5, 5.41) is 13.6. The van der Waals surface area contributed by atoms with Gasteiger partial charge in [-0.2, -0.15) is 0 Å². The highest BCUT2D eigenvalue weighted by molar-refractivity contribution is 5.99. The summed E-state index contributed by atoms with van der Waals surface area (Å²) in [5.41, 5.74) is 4.23. The highest BCUT2D eigenvalue weighted by Crippen LogP contribution is 2.29. The number of rotatable bonds is 3. The van der Waals surface area contributed by atoms with Gasteiger partial charge in [-0.3, -0.25) is 14.9 Å². The Labute approximate surface area is 145 Å². The van der Waals surface area contributed by atoms with Gasteiger partial charge in [0, 0.05) is 55.4 Å². The normalized spacial score (nSPS) is 16.6. The third-order valence-corrected chi connectivity index (χ3v) is 4.78. The second kappa shape index (κ2) is 6.08. The van der Waals surface area contributed by atoms with Gasteiger partial charge in [0.05, 0.1) is 11.3 Å². The smallest absolute Gasteiger partial charge is 0.269 e. The fourth-order valence-corrected chi connectivity index (χ4v) is 3.42. The van der Waals surface area contributed by atoms with E-state index >= 15 is 0 Å². The average Bonchev–Trinajstić information content (AvgIpc) is 3.01. The summed E-state index contributed by atoms with van der Waals surface area (Å²) >= 11 is 0. The largest absolute Gasteiger partial charge is 0.368 e. The van der Waals surface area contributed by atoms with Crippen LogP contribution in [0.5, 0.6) is 0 Å². The standard InChI is InChI=1S/C18H18N4O3/c23-18-12-13-11-16(5-6-17(13)19-18)21-9-7-20(8-10-21)14-1-3-15(4-2-14)22(24)25/h1-6,11H,7-10,12H2,(H,19,23). The molecule has 0 unspecified atom stereocenters. The number of nitro benzene ring substituents is 1. The fourth-order valence-electron chi connectivity index (χ4n) is 3.42. The maximum absolute atomic E-state index is 11.5. The number of fused-ring (bicyclic) bond motifs is 1. The van der Waals surface area contributed by atoms with Crippen molar-refractivity contribution in [2.75, 3.05) is 41.3 Å². The van der Waals surface area contributed by atoms with E-state index in [9.17, 15) is 14.9 Å². The number of non-ortho nitro benzene ring substituents is 1. The zero-order valence-corrected chi connectivity index (χ0v) is 13.6. The summed E-state index contributed by atoms with van der Waals surface area (Å²) in [6.07, 6.45) is 0.450. The topological polar surface area (TPSA) is 78.7 Å². The number of anilines is 3. The number of nitrogens with one attached hydrogen (secondary N) is 1. The van der Waals surface area contributed by atoms with Crippen LogP contribution in [0.3, 0.4) is 0 Å². The molecule has 128 valence electrons. The molecule has 0 radical (unpaired) electrons. The van der Waals surface area contributed by atoms with E-state index in [0.717, 1.165) is 48.8 Å². The third kappa shape index (κ3) is 3.00. The minimum Gasteiger partial charge on any atom is -0.368 e. The Morgan fingerprint density at radius 3 is 2.16 bits per heavy atom. The molecular weight excluding hydrogens is 320 g/mol. The molecule has 4 rings (SSSR count). The van der Waals surface area contributed by atoms with E-state index in [1.165, 1.54) is 0 Å². The van der Waals surface area contributed by atoms with Crippen LogP contribution in [0, 0.1) is 10.1 Å². The number of carbonyl (C=O) groups is 1. The molecule has 1 fully saturated rings. The maximum Gasteiger partial charge on any atom is 0.269 e. The Kier molecular flexibility index (Phi) is 3.76. The van der Waals surface area contributed by atoms with E-state index in [0.29, 0.717) is 6.42 Å². The second-order valence-corrected chi connectivity index (χ2v) is 6.31. The van der Waals surface area contributed by atoms with Gasteiger partial charge in [0.1, 0.15) is 0 Å². The molecule has 0 spiro atoms. The Hall–Kier alpha value is -3.09. The van der Waals surface area contributed by atoms with Gasteiger partial charge in [-0.15, -0.1) is 0 Å². The van der Waals surface area contributed by atoms with Gasteiger partial charge in [0.2, 0.25) is 5.91 Å². The molecule has 1 saturated heterocycles. The molecule has 2 aromatic carbocycles. The van der Waals surface area contributed by atoms with Gasteiger partial charge in [-0.05, 0) is 35.9 Å². The van der Waals surface area contributed by atoms with E-state index in [2.05, 4.69) is 21.2 Å². The maximum atomic E-state index is 11.5. The number of nitro groups is 1. The van der Waals surface area contributed by atoms with Crippen LogP contribution in [0.1, 0.15) is 5.56 Å². The van der Waals surface area contributed by atoms with Crippen molar-refractivity contribution in [3.8, 4) is 0 Å². The predicted molar refractivity (Wildman–Crippen MR) is 96.3 cm³/mol. The van der Waals surface area contributed by atoms with Crippen LogP contribution in [-0.2, 0) is 11.2 Å². The summed E-state index contributed by atoms with van der Waals surface area (Å²) in [5.74, 6) is 0.0511. The summed E-state index contributed by atoms with van der Waals surface area (Å²) < 4.78 is 0. The lowest BCUT2D eigenvalue weighted by Crippen LogP contribution is -2.46.